The molecule has 1 N–H and O–H groups in total. The van der Waals surface area contributed by atoms with Gasteiger partial charge in [-0.2, -0.15) is 0 Å². The van der Waals surface area contributed by atoms with Gasteiger partial charge in [0.25, 0.3) is 11.5 Å². The zero-order chi connectivity index (χ0) is 25.1. The molecule has 36 heavy (non-hydrogen) atoms. The molecule has 0 unspecified atom stereocenters. The molecule has 4 heterocycles. The highest BCUT2D eigenvalue weighted by Gasteiger charge is 2.32. The Hall–Kier alpha value is -3.76. The first-order valence-corrected chi connectivity index (χ1v) is 12.7. The highest BCUT2D eigenvalue weighted by molar-refractivity contribution is 8.26. The fourth-order valence-corrected chi connectivity index (χ4v) is 5.14. The van der Waals surface area contributed by atoms with Gasteiger partial charge in [0.1, 0.15) is 15.8 Å². The minimum absolute atomic E-state index is 0.214. The normalized spacial score (nSPS) is 14.8. The number of thiocarbonyl (C=S) groups is 1. The van der Waals surface area contributed by atoms with E-state index in [-0.39, 0.29) is 11.5 Å². The maximum Gasteiger partial charge on any atom is 0.267 e. The van der Waals surface area contributed by atoms with Crippen molar-refractivity contribution < 1.29 is 4.79 Å². The Labute approximate surface area is 217 Å². The number of fused-ring (bicyclic) bond motifs is 1. The van der Waals surface area contributed by atoms with Gasteiger partial charge in [0, 0.05) is 31.7 Å². The van der Waals surface area contributed by atoms with Crippen molar-refractivity contribution in [2.75, 3.05) is 11.9 Å². The number of hydrogen-bond acceptors (Lipinski definition) is 7. The molecule has 1 aliphatic rings. The molecular formula is C26H24N6O2S2. The lowest BCUT2D eigenvalue weighted by Gasteiger charge is -2.14. The molecule has 0 saturated carbocycles. The molecule has 5 rings (SSSR count). The maximum atomic E-state index is 13.4. The first-order valence-electron chi connectivity index (χ1n) is 11.5. The number of carbonyl (C=O) groups excluding carboxylic acids is 1. The number of benzene rings is 1. The smallest absolute Gasteiger partial charge is 0.267 e. The van der Waals surface area contributed by atoms with Gasteiger partial charge in [0.2, 0.25) is 0 Å². The highest BCUT2D eigenvalue weighted by atomic mass is 32.2. The molecule has 10 heteroatoms. The second kappa shape index (κ2) is 10.5. The van der Waals surface area contributed by atoms with E-state index < -0.39 is 0 Å². The molecule has 1 fully saturated rings. The SMILES string of the molecule is Cc1ccc(CN2C(=O)/C(=C\c3c(NCCCn4ccnc4)nc4ccccn4c3=O)SC2=S)cc1. The standard InChI is InChI=1S/C26H24N6O2S2/c1-18-6-8-19(9-7-18)16-32-25(34)21(36-26(32)35)15-20-23(28-10-4-12-30-14-11-27-17-30)29-22-5-2-3-13-31(22)24(20)33/h2-3,5-9,11,13-15,17,28H,4,10,12,16H2,1H3/b21-15+. The highest BCUT2D eigenvalue weighted by Crippen LogP contribution is 2.34. The van der Waals surface area contributed by atoms with Crippen molar-refractivity contribution in [2.24, 2.45) is 0 Å². The molecule has 1 aromatic carbocycles. The van der Waals surface area contributed by atoms with Crippen molar-refractivity contribution in [1.82, 2.24) is 23.8 Å². The van der Waals surface area contributed by atoms with E-state index in [1.807, 2.05) is 48.0 Å². The summed E-state index contributed by atoms with van der Waals surface area (Å²) in [5, 5.41) is 3.30. The van der Waals surface area contributed by atoms with Crippen molar-refractivity contribution in [3.63, 3.8) is 0 Å². The number of imidazole rings is 1. The van der Waals surface area contributed by atoms with E-state index in [0.29, 0.717) is 39.3 Å². The molecule has 8 nitrogen and oxygen atoms in total. The average Bonchev–Trinajstić information content (AvgIpc) is 3.49. The van der Waals surface area contributed by atoms with Gasteiger partial charge in [-0.25, -0.2) is 9.97 Å². The third kappa shape index (κ3) is 5.09. The Balaban J connectivity index is 1.42. The molecule has 182 valence electrons. The van der Waals surface area contributed by atoms with Gasteiger partial charge in [-0.3, -0.25) is 18.9 Å². The lowest BCUT2D eigenvalue weighted by Crippen LogP contribution is -2.27. The molecule has 1 aliphatic heterocycles. The summed E-state index contributed by atoms with van der Waals surface area (Å²) in [7, 11) is 0. The minimum atomic E-state index is -0.249. The molecule has 0 spiro atoms. The van der Waals surface area contributed by atoms with Gasteiger partial charge in [0.05, 0.1) is 23.3 Å². The summed E-state index contributed by atoms with van der Waals surface area (Å²) in [4.78, 5) is 37.4. The Kier molecular flexibility index (Phi) is 6.97. The first-order chi connectivity index (χ1) is 17.5. The van der Waals surface area contributed by atoms with E-state index in [9.17, 15) is 9.59 Å². The Morgan fingerprint density at radius 3 is 2.72 bits per heavy atom. The fraction of sp³-hybridized carbons (Fsp3) is 0.192. The maximum absolute atomic E-state index is 13.4. The predicted octanol–water partition coefficient (Wildman–Crippen LogP) is 4.10. The van der Waals surface area contributed by atoms with Crippen LogP contribution in [0.15, 0.2) is 77.1 Å². The minimum Gasteiger partial charge on any atom is -0.369 e. The molecule has 4 aromatic rings. The molecule has 0 atom stereocenters. The molecule has 1 amide bonds. The number of aryl methyl sites for hydroxylation is 2. The molecule has 1 saturated heterocycles. The van der Waals surface area contributed by atoms with E-state index >= 15 is 0 Å². The van der Waals surface area contributed by atoms with Crippen LogP contribution in [0, 0.1) is 6.92 Å². The van der Waals surface area contributed by atoms with Crippen LogP contribution < -0.4 is 10.9 Å². The zero-order valence-electron chi connectivity index (χ0n) is 19.6. The second-order valence-corrected chi connectivity index (χ2v) is 10.1. The van der Waals surface area contributed by atoms with Gasteiger partial charge in [0.15, 0.2) is 0 Å². The summed E-state index contributed by atoms with van der Waals surface area (Å²) in [5.74, 6) is 0.231. The third-order valence-corrected chi connectivity index (χ3v) is 7.20. The third-order valence-electron chi connectivity index (χ3n) is 5.82. The van der Waals surface area contributed by atoms with E-state index in [0.717, 1.165) is 24.1 Å². The number of carbonyl (C=O) groups is 1. The number of hydrogen-bond donors (Lipinski definition) is 1. The van der Waals surface area contributed by atoms with Gasteiger partial charge in [-0.05, 0) is 37.1 Å². The summed E-state index contributed by atoms with van der Waals surface area (Å²) >= 11 is 6.71. The second-order valence-electron chi connectivity index (χ2n) is 8.44. The van der Waals surface area contributed by atoms with Crippen molar-refractivity contribution >= 4 is 51.7 Å². The Bertz CT molecular complexity index is 1510. The monoisotopic (exact) mass is 516 g/mol. The Morgan fingerprint density at radius 1 is 1.11 bits per heavy atom. The zero-order valence-corrected chi connectivity index (χ0v) is 21.3. The topological polar surface area (TPSA) is 84.5 Å². The summed E-state index contributed by atoms with van der Waals surface area (Å²) in [6.45, 7) is 3.79. The lowest BCUT2D eigenvalue weighted by molar-refractivity contribution is -0.122. The lowest BCUT2D eigenvalue weighted by atomic mass is 10.1. The van der Waals surface area contributed by atoms with Crippen LogP contribution in [0.4, 0.5) is 5.82 Å². The van der Waals surface area contributed by atoms with Crippen molar-refractivity contribution in [2.45, 2.75) is 26.4 Å². The van der Waals surface area contributed by atoms with Crippen LogP contribution >= 0.6 is 24.0 Å². The van der Waals surface area contributed by atoms with E-state index in [1.165, 1.54) is 16.2 Å². The fourth-order valence-electron chi connectivity index (χ4n) is 3.90. The average molecular weight is 517 g/mol. The molecular weight excluding hydrogens is 492 g/mol. The van der Waals surface area contributed by atoms with Gasteiger partial charge in [-0.15, -0.1) is 0 Å². The number of rotatable bonds is 8. The van der Waals surface area contributed by atoms with Crippen LogP contribution in [-0.2, 0) is 17.9 Å². The number of nitrogens with one attached hydrogen (secondary N) is 1. The van der Waals surface area contributed by atoms with Crippen LogP contribution in [0.1, 0.15) is 23.1 Å². The van der Waals surface area contributed by atoms with Crippen molar-refractivity contribution in [1.29, 1.82) is 0 Å². The van der Waals surface area contributed by atoms with Crippen LogP contribution in [-0.4, -0.2) is 40.6 Å². The number of anilines is 1. The van der Waals surface area contributed by atoms with Crippen molar-refractivity contribution in [3.8, 4) is 0 Å². The molecule has 0 radical (unpaired) electrons. The number of amides is 1. The first kappa shape index (κ1) is 24.0. The van der Waals surface area contributed by atoms with Gasteiger partial charge >= 0.3 is 0 Å². The summed E-state index contributed by atoms with van der Waals surface area (Å²) in [6.07, 6.45) is 9.51. The predicted molar refractivity (Wildman–Crippen MR) is 147 cm³/mol. The molecule has 0 aliphatic carbocycles. The van der Waals surface area contributed by atoms with E-state index in [2.05, 4.69) is 15.3 Å². The van der Waals surface area contributed by atoms with E-state index in [1.54, 1.807) is 41.8 Å². The number of nitrogens with zero attached hydrogens (tertiary/aromatic N) is 5. The number of pyridine rings is 1. The number of aromatic nitrogens is 4. The van der Waals surface area contributed by atoms with Crippen LogP contribution in [0.3, 0.4) is 0 Å². The molecule has 0 bridgehead atoms. The van der Waals surface area contributed by atoms with Crippen LogP contribution in [0.25, 0.3) is 11.7 Å². The van der Waals surface area contributed by atoms with Crippen LogP contribution in [0.2, 0.25) is 0 Å². The molecule has 3 aromatic heterocycles. The summed E-state index contributed by atoms with van der Waals surface area (Å²) in [5.41, 5.74) is 2.76. The van der Waals surface area contributed by atoms with E-state index in [4.69, 9.17) is 12.2 Å². The Morgan fingerprint density at radius 2 is 1.94 bits per heavy atom. The quantitative estimate of drug-likeness (QED) is 0.214. The van der Waals surface area contributed by atoms with Gasteiger partial charge < -0.3 is 9.88 Å². The summed E-state index contributed by atoms with van der Waals surface area (Å²) in [6, 6.07) is 13.4. The largest absolute Gasteiger partial charge is 0.369 e. The summed E-state index contributed by atoms with van der Waals surface area (Å²) < 4.78 is 3.94. The van der Waals surface area contributed by atoms with Crippen LogP contribution in [0.5, 0.6) is 0 Å². The van der Waals surface area contributed by atoms with Gasteiger partial charge in [-0.1, -0.05) is 59.9 Å². The van der Waals surface area contributed by atoms with Crippen molar-refractivity contribution in [3.05, 3.63) is 99.3 Å². The number of thioether (sulfide) groups is 1.